The van der Waals surface area contributed by atoms with E-state index in [1.807, 2.05) is 24.4 Å². The summed E-state index contributed by atoms with van der Waals surface area (Å²) in [6.07, 6.45) is 1.44. The lowest BCUT2D eigenvalue weighted by Crippen LogP contribution is -2.33. The molecule has 1 heterocycles. The number of hydrogen-bond acceptors (Lipinski definition) is 6. The standard InChI is InChI=1S/C22H20N4O4S/c1-2-30-16-11-9-15(10-12-16)24-20(27)18-7-3-4-8-19(18)25-21(28)22(29)26-23-14-17-6-5-13-31-17/h3-14H,2H2,1H3,(H,24,27)(H,25,28)(H,26,29)/b23-14+. The van der Waals surface area contributed by atoms with Gasteiger partial charge in [0, 0.05) is 10.6 Å². The normalized spacial score (nSPS) is 10.5. The number of nitrogens with zero attached hydrogens (tertiary/aromatic N) is 1. The molecule has 3 amide bonds. The van der Waals surface area contributed by atoms with Crippen LogP contribution in [0.2, 0.25) is 0 Å². The highest BCUT2D eigenvalue weighted by atomic mass is 32.1. The molecule has 0 saturated carbocycles. The summed E-state index contributed by atoms with van der Waals surface area (Å²) in [5, 5.41) is 10.8. The van der Waals surface area contributed by atoms with Crippen molar-refractivity contribution >= 4 is 46.6 Å². The Labute approximate surface area is 182 Å². The zero-order valence-electron chi connectivity index (χ0n) is 16.6. The van der Waals surface area contributed by atoms with Gasteiger partial charge in [-0.2, -0.15) is 5.10 Å². The molecule has 0 aliphatic carbocycles. The van der Waals surface area contributed by atoms with E-state index >= 15 is 0 Å². The lowest BCUT2D eigenvalue weighted by atomic mass is 10.1. The highest BCUT2D eigenvalue weighted by Gasteiger charge is 2.17. The van der Waals surface area contributed by atoms with Crippen LogP contribution in [-0.4, -0.2) is 30.5 Å². The van der Waals surface area contributed by atoms with Crippen molar-refractivity contribution in [2.24, 2.45) is 5.10 Å². The Morgan fingerprint density at radius 2 is 1.74 bits per heavy atom. The summed E-state index contributed by atoms with van der Waals surface area (Å²) in [4.78, 5) is 37.7. The third-order valence-corrected chi connectivity index (χ3v) is 4.76. The number of carbonyl (C=O) groups excluding carboxylic acids is 3. The van der Waals surface area contributed by atoms with Gasteiger partial charge in [0.2, 0.25) is 0 Å². The molecule has 0 spiro atoms. The monoisotopic (exact) mass is 436 g/mol. The third-order valence-electron chi connectivity index (χ3n) is 3.95. The van der Waals surface area contributed by atoms with Crippen molar-refractivity contribution in [2.45, 2.75) is 6.92 Å². The molecule has 0 aliphatic heterocycles. The molecule has 0 saturated heterocycles. The zero-order chi connectivity index (χ0) is 22.1. The molecule has 0 fully saturated rings. The van der Waals surface area contributed by atoms with E-state index in [1.165, 1.54) is 23.6 Å². The summed E-state index contributed by atoms with van der Waals surface area (Å²) in [6, 6.07) is 17.0. The number of hydrogen-bond donors (Lipinski definition) is 3. The lowest BCUT2D eigenvalue weighted by molar-refractivity contribution is -0.136. The molecular weight excluding hydrogens is 416 g/mol. The van der Waals surface area contributed by atoms with Crippen molar-refractivity contribution in [3.63, 3.8) is 0 Å². The molecule has 3 rings (SSSR count). The molecule has 1 aromatic heterocycles. The number of amides is 3. The summed E-state index contributed by atoms with van der Waals surface area (Å²) in [5.41, 5.74) is 3.13. The highest BCUT2D eigenvalue weighted by Crippen LogP contribution is 2.19. The maximum absolute atomic E-state index is 12.7. The van der Waals surface area contributed by atoms with E-state index in [9.17, 15) is 14.4 Å². The summed E-state index contributed by atoms with van der Waals surface area (Å²) in [6.45, 7) is 2.43. The number of nitrogens with one attached hydrogen (secondary N) is 3. The van der Waals surface area contributed by atoms with E-state index in [-0.39, 0.29) is 11.3 Å². The number of hydrazone groups is 1. The van der Waals surface area contributed by atoms with Crippen molar-refractivity contribution < 1.29 is 19.1 Å². The molecule has 3 aromatic rings. The number of carbonyl (C=O) groups is 3. The maximum Gasteiger partial charge on any atom is 0.329 e. The molecular formula is C22H20N4O4S. The zero-order valence-corrected chi connectivity index (χ0v) is 17.4. The SMILES string of the molecule is CCOc1ccc(NC(=O)c2ccccc2NC(=O)C(=O)N/N=C/c2cccs2)cc1. The number of benzene rings is 2. The topological polar surface area (TPSA) is 109 Å². The number of rotatable bonds is 7. The van der Waals surface area contributed by atoms with E-state index in [1.54, 1.807) is 42.5 Å². The van der Waals surface area contributed by atoms with Crippen molar-refractivity contribution in [3.05, 3.63) is 76.5 Å². The molecule has 0 aliphatic rings. The fraction of sp³-hybridized carbons (Fsp3) is 0.0909. The average Bonchev–Trinajstić information content (AvgIpc) is 3.29. The van der Waals surface area contributed by atoms with Gasteiger partial charge in [0.15, 0.2) is 0 Å². The molecule has 0 bridgehead atoms. The van der Waals surface area contributed by atoms with Crippen LogP contribution in [0.15, 0.2) is 71.1 Å². The van der Waals surface area contributed by atoms with Gasteiger partial charge in [0.25, 0.3) is 5.91 Å². The highest BCUT2D eigenvalue weighted by molar-refractivity contribution is 7.11. The summed E-state index contributed by atoms with van der Waals surface area (Å²) in [7, 11) is 0. The van der Waals surface area contributed by atoms with Gasteiger partial charge in [-0.25, -0.2) is 5.43 Å². The predicted octanol–water partition coefficient (Wildman–Crippen LogP) is 3.49. The Kier molecular flexibility index (Phi) is 7.50. The van der Waals surface area contributed by atoms with Crippen LogP contribution in [0, 0.1) is 0 Å². The van der Waals surface area contributed by atoms with Gasteiger partial charge in [-0.15, -0.1) is 11.3 Å². The molecule has 3 N–H and O–H groups in total. The fourth-order valence-corrected chi connectivity index (χ4v) is 3.12. The number of anilines is 2. The van der Waals surface area contributed by atoms with Crippen LogP contribution in [0.5, 0.6) is 5.75 Å². The molecule has 0 unspecified atom stereocenters. The fourth-order valence-electron chi connectivity index (χ4n) is 2.54. The third kappa shape index (κ3) is 6.25. The van der Waals surface area contributed by atoms with Crippen LogP contribution in [-0.2, 0) is 9.59 Å². The minimum atomic E-state index is -0.950. The van der Waals surface area contributed by atoms with Crippen molar-refractivity contribution in [1.82, 2.24) is 5.43 Å². The van der Waals surface area contributed by atoms with Gasteiger partial charge in [0.1, 0.15) is 5.75 Å². The van der Waals surface area contributed by atoms with E-state index < -0.39 is 17.7 Å². The van der Waals surface area contributed by atoms with E-state index in [0.717, 1.165) is 4.88 Å². The van der Waals surface area contributed by atoms with Crippen molar-refractivity contribution in [1.29, 1.82) is 0 Å². The first-order valence-electron chi connectivity index (χ1n) is 9.38. The van der Waals surface area contributed by atoms with Gasteiger partial charge >= 0.3 is 11.8 Å². The average molecular weight is 436 g/mol. The first-order chi connectivity index (χ1) is 15.1. The second-order valence-electron chi connectivity index (χ2n) is 6.13. The summed E-state index contributed by atoms with van der Waals surface area (Å²) in [5.74, 6) is -1.63. The van der Waals surface area contributed by atoms with Crippen LogP contribution in [0.3, 0.4) is 0 Å². The van der Waals surface area contributed by atoms with Gasteiger partial charge in [-0.1, -0.05) is 18.2 Å². The van der Waals surface area contributed by atoms with Crippen LogP contribution >= 0.6 is 11.3 Å². The Morgan fingerprint density at radius 1 is 0.968 bits per heavy atom. The molecule has 0 atom stereocenters. The maximum atomic E-state index is 12.7. The van der Waals surface area contributed by atoms with Gasteiger partial charge in [0.05, 0.1) is 24.1 Å². The van der Waals surface area contributed by atoms with Gasteiger partial charge in [-0.05, 0) is 54.8 Å². The van der Waals surface area contributed by atoms with Gasteiger partial charge < -0.3 is 15.4 Å². The molecule has 8 nitrogen and oxygen atoms in total. The molecule has 9 heteroatoms. The number of ether oxygens (including phenoxy) is 1. The summed E-state index contributed by atoms with van der Waals surface area (Å²) < 4.78 is 5.38. The quantitative estimate of drug-likeness (QED) is 0.299. The van der Waals surface area contributed by atoms with Crippen LogP contribution < -0.4 is 20.8 Å². The second-order valence-corrected chi connectivity index (χ2v) is 7.11. The number of para-hydroxylation sites is 1. The first-order valence-corrected chi connectivity index (χ1v) is 10.3. The second kappa shape index (κ2) is 10.7. The van der Waals surface area contributed by atoms with Crippen LogP contribution in [0.25, 0.3) is 0 Å². The van der Waals surface area contributed by atoms with E-state index in [2.05, 4.69) is 21.2 Å². The molecule has 2 aromatic carbocycles. The Hall–Kier alpha value is -3.98. The van der Waals surface area contributed by atoms with Crippen molar-refractivity contribution in [2.75, 3.05) is 17.2 Å². The van der Waals surface area contributed by atoms with Crippen LogP contribution in [0.1, 0.15) is 22.2 Å². The summed E-state index contributed by atoms with van der Waals surface area (Å²) >= 11 is 1.44. The van der Waals surface area contributed by atoms with Crippen LogP contribution in [0.4, 0.5) is 11.4 Å². The largest absolute Gasteiger partial charge is 0.494 e. The van der Waals surface area contributed by atoms with Crippen molar-refractivity contribution in [3.8, 4) is 5.75 Å². The Bertz CT molecular complexity index is 1080. The first kappa shape index (κ1) is 21.7. The molecule has 31 heavy (non-hydrogen) atoms. The minimum absolute atomic E-state index is 0.202. The number of thiophene rings is 1. The Morgan fingerprint density at radius 3 is 2.45 bits per heavy atom. The Balaban J connectivity index is 1.62. The van der Waals surface area contributed by atoms with Gasteiger partial charge in [-0.3, -0.25) is 14.4 Å². The molecule has 158 valence electrons. The molecule has 0 radical (unpaired) electrons. The van der Waals surface area contributed by atoms with E-state index in [4.69, 9.17) is 4.74 Å². The van der Waals surface area contributed by atoms with E-state index in [0.29, 0.717) is 18.0 Å². The lowest BCUT2D eigenvalue weighted by Gasteiger charge is -2.11. The predicted molar refractivity (Wildman–Crippen MR) is 121 cm³/mol. The minimum Gasteiger partial charge on any atom is -0.494 e. The smallest absolute Gasteiger partial charge is 0.329 e.